The van der Waals surface area contributed by atoms with E-state index in [0.29, 0.717) is 43.5 Å². The third-order valence-corrected chi connectivity index (χ3v) is 9.43. The highest BCUT2D eigenvalue weighted by Crippen LogP contribution is 2.42. The molecule has 0 bridgehead atoms. The number of likely N-dealkylation sites (N-methyl/N-ethyl adjacent to an activating group) is 1. The number of carbonyl (C=O) groups excluding carboxylic acids is 1. The Morgan fingerprint density at radius 2 is 1.79 bits per heavy atom. The van der Waals surface area contributed by atoms with Crippen LogP contribution in [-0.2, 0) is 20.8 Å². The van der Waals surface area contributed by atoms with E-state index in [1.165, 1.54) is 15.7 Å². The van der Waals surface area contributed by atoms with Crippen molar-refractivity contribution in [1.29, 1.82) is 0 Å². The van der Waals surface area contributed by atoms with Crippen molar-refractivity contribution in [2.45, 2.75) is 62.6 Å². The predicted octanol–water partition coefficient (Wildman–Crippen LogP) is 3.32. The van der Waals surface area contributed by atoms with E-state index in [1.54, 1.807) is 6.92 Å². The van der Waals surface area contributed by atoms with Crippen LogP contribution in [0.2, 0.25) is 0 Å². The van der Waals surface area contributed by atoms with Crippen LogP contribution in [0.25, 0.3) is 11.2 Å². The average Bonchev–Trinajstić information content (AvgIpc) is 3.95. The number of aromatic nitrogens is 8. The number of nitrogens with one attached hydrogen (secondary N) is 1. The van der Waals surface area contributed by atoms with Gasteiger partial charge in [-0.15, -0.1) is 10.2 Å². The number of fused-ring (bicyclic) bond motifs is 1. The quantitative estimate of drug-likeness (QED) is 0.191. The molecule has 52 heavy (non-hydrogen) atoms. The summed E-state index contributed by atoms with van der Waals surface area (Å²) in [5, 5.41) is 26.9. The molecule has 2 aliphatic heterocycles. The number of hydrogen-bond acceptors (Lipinski definition) is 13. The van der Waals surface area contributed by atoms with E-state index in [2.05, 4.69) is 54.9 Å². The van der Waals surface area contributed by atoms with Gasteiger partial charge in [0.15, 0.2) is 35.4 Å². The highest BCUT2D eigenvalue weighted by Gasteiger charge is 2.53. The third kappa shape index (κ3) is 7.00. The largest absolute Gasteiger partial charge is 0.490 e. The maximum atomic E-state index is 13.4. The van der Waals surface area contributed by atoms with Crippen molar-refractivity contribution in [3.63, 3.8) is 0 Å². The molecule has 5 atom stereocenters. The molecule has 2 saturated heterocycles. The number of rotatable bonds is 11. The van der Waals surface area contributed by atoms with Crippen LogP contribution in [0.3, 0.4) is 0 Å². The Balaban J connectivity index is 1.27. The molecule has 2 N–H and O–H groups in total. The van der Waals surface area contributed by atoms with E-state index >= 15 is 0 Å². The summed E-state index contributed by atoms with van der Waals surface area (Å²) in [7, 11) is 4.03. The maximum absolute atomic E-state index is 13.4. The van der Waals surface area contributed by atoms with Gasteiger partial charge >= 0.3 is 12.1 Å². The molecule has 0 saturated carbocycles. The minimum absolute atomic E-state index is 0.0586. The molecule has 2 fully saturated rings. The van der Waals surface area contributed by atoms with E-state index in [9.17, 15) is 23.1 Å². The molecule has 5 aromatic rings. The van der Waals surface area contributed by atoms with Crippen molar-refractivity contribution in [2.75, 3.05) is 43.9 Å². The van der Waals surface area contributed by atoms with Crippen molar-refractivity contribution in [1.82, 2.24) is 44.6 Å². The second kappa shape index (κ2) is 14.4. The van der Waals surface area contributed by atoms with Gasteiger partial charge in [-0.05, 0) is 43.8 Å². The van der Waals surface area contributed by atoms with Crippen LogP contribution in [0, 0.1) is 0 Å². The molecule has 5 heterocycles. The van der Waals surface area contributed by atoms with Gasteiger partial charge in [-0.2, -0.15) is 27.9 Å². The number of nitrogens with zero attached hydrogens (tertiary/aromatic N) is 10. The van der Waals surface area contributed by atoms with Crippen molar-refractivity contribution in [3.05, 3.63) is 83.9 Å². The number of imidazole rings is 1. The highest BCUT2D eigenvalue weighted by molar-refractivity contribution is 5.84. The van der Waals surface area contributed by atoms with Gasteiger partial charge in [-0.3, -0.25) is 4.57 Å². The summed E-state index contributed by atoms with van der Waals surface area (Å²) in [5.74, 6) is -1.90. The Bertz CT molecular complexity index is 1950. The smallest absolute Gasteiger partial charge is 0.449 e. The number of anilines is 2. The number of esters is 1. The van der Waals surface area contributed by atoms with Gasteiger partial charge in [0.05, 0.1) is 12.9 Å². The Kier molecular flexibility index (Phi) is 9.78. The molecule has 0 aliphatic carbocycles. The number of ether oxygens (including phenoxy) is 2. The molecule has 2 aromatic carbocycles. The first-order valence-electron chi connectivity index (χ1n) is 16.9. The summed E-state index contributed by atoms with van der Waals surface area (Å²) in [5.41, 5.74) is 2.76. The Morgan fingerprint density at radius 3 is 2.38 bits per heavy atom. The van der Waals surface area contributed by atoms with E-state index in [0.717, 1.165) is 17.5 Å². The maximum Gasteiger partial charge on any atom is 0.490 e. The molecule has 0 unspecified atom stereocenters. The molecule has 15 nitrogen and oxygen atoms in total. The van der Waals surface area contributed by atoms with Gasteiger partial charge in [-0.25, -0.2) is 9.78 Å². The van der Waals surface area contributed by atoms with E-state index in [-0.39, 0.29) is 23.4 Å². The fourth-order valence-corrected chi connectivity index (χ4v) is 6.61. The predicted molar refractivity (Wildman–Crippen MR) is 181 cm³/mol. The van der Waals surface area contributed by atoms with E-state index in [4.69, 9.17) is 19.4 Å². The van der Waals surface area contributed by atoms with Crippen LogP contribution in [-0.4, -0.2) is 114 Å². The number of aliphatic hydroxyl groups is 1. The topological polar surface area (TPSA) is 161 Å². The number of hydrogen-bond donors (Lipinski definition) is 2. The van der Waals surface area contributed by atoms with Crippen LogP contribution in [0.4, 0.5) is 24.9 Å². The first-order valence-corrected chi connectivity index (χ1v) is 16.9. The first-order chi connectivity index (χ1) is 25.0. The minimum atomic E-state index is -5.32. The van der Waals surface area contributed by atoms with Gasteiger partial charge in [-0.1, -0.05) is 60.7 Å². The summed E-state index contributed by atoms with van der Waals surface area (Å²) >= 11 is 0. The van der Waals surface area contributed by atoms with Crippen molar-refractivity contribution in [3.8, 4) is 0 Å². The second-order valence-electron chi connectivity index (χ2n) is 12.9. The zero-order valence-electron chi connectivity index (χ0n) is 28.6. The van der Waals surface area contributed by atoms with Crippen molar-refractivity contribution >= 4 is 28.9 Å². The molecule has 0 radical (unpaired) electrons. The molecule has 274 valence electrons. The molecule has 2 aliphatic rings. The lowest BCUT2D eigenvalue weighted by Crippen LogP contribution is -2.38. The number of benzene rings is 2. The normalized spacial score (nSPS) is 22.2. The van der Waals surface area contributed by atoms with E-state index in [1.807, 2.05) is 55.4 Å². The van der Waals surface area contributed by atoms with Crippen LogP contribution < -0.4 is 10.2 Å². The molecule has 0 amide bonds. The fourth-order valence-electron chi connectivity index (χ4n) is 6.61. The molecule has 18 heteroatoms. The number of carbonyl (C=O) groups is 1. The highest BCUT2D eigenvalue weighted by atomic mass is 19.4. The number of aliphatic hydroxyl groups excluding tert-OH is 1. The van der Waals surface area contributed by atoms with Crippen LogP contribution in [0.1, 0.15) is 48.5 Å². The molecule has 3 aromatic heterocycles. The van der Waals surface area contributed by atoms with Gasteiger partial charge in [0, 0.05) is 31.6 Å². The zero-order chi connectivity index (χ0) is 36.6. The summed E-state index contributed by atoms with van der Waals surface area (Å²) in [6, 6.07) is 20.4. The van der Waals surface area contributed by atoms with E-state index < -0.39 is 36.7 Å². The minimum Gasteiger partial charge on any atom is -0.449 e. The first kappa shape index (κ1) is 35.2. The number of aryl methyl sites for hydroxylation is 1. The van der Waals surface area contributed by atoms with Crippen molar-refractivity contribution < 1.29 is 32.5 Å². The standard InChI is InChI=1S/C34H38F3N11O4/c1-4-48-43-29(42-44-48)27-26(52-32(50)34(35,36)37)25(49)31(51-27)47-19-39-24-28(40-33(41-30(24)47)46-16-15-22(18-46)45(2)3)38-17-23(20-11-7-5-8-12-20)21-13-9-6-10-14-21/h5-14,19,22-23,25-27,31,49H,4,15-18H2,1-3H3,(H,38,40,41)/t22-,25-,26+,27+,31-/m1/s1. The summed E-state index contributed by atoms with van der Waals surface area (Å²) < 4.78 is 52.4. The lowest BCUT2D eigenvalue weighted by atomic mass is 9.91. The Hall–Kier alpha value is -5.20. The van der Waals surface area contributed by atoms with Crippen LogP contribution >= 0.6 is 0 Å². The Morgan fingerprint density at radius 1 is 1.10 bits per heavy atom. The zero-order valence-corrected chi connectivity index (χ0v) is 28.6. The molecular formula is C34H38F3N11O4. The number of halogens is 3. The summed E-state index contributed by atoms with van der Waals surface area (Å²) in [4.78, 5) is 31.8. The average molecular weight is 722 g/mol. The lowest BCUT2D eigenvalue weighted by Gasteiger charge is -2.23. The lowest BCUT2D eigenvalue weighted by molar-refractivity contribution is -0.210. The molecule has 0 spiro atoms. The second-order valence-corrected chi connectivity index (χ2v) is 12.9. The third-order valence-electron chi connectivity index (χ3n) is 9.43. The van der Waals surface area contributed by atoms with Crippen LogP contribution in [0.15, 0.2) is 67.0 Å². The Labute approximate surface area is 296 Å². The van der Waals surface area contributed by atoms with Gasteiger partial charge in [0.25, 0.3) is 0 Å². The van der Waals surface area contributed by atoms with Gasteiger partial charge < -0.3 is 29.7 Å². The van der Waals surface area contributed by atoms with Crippen molar-refractivity contribution in [2.24, 2.45) is 0 Å². The summed E-state index contributed by atoms with van der Waals surface area (Å²) in [6.45, 7) is 3.81. The van der Waals surface area contributed by atoms with Crippen LogP contribution in [0.5, 0.6) is 0 Å². The molecular weight excluding hydrogens is 683 g/mol. The summed E-state index contributed by atoms with van der Waals surface area (Å²) in [6.07, 6.45) is -9.60. The molecule has 7 rings (SSSR count). The fraction of sp³-hybridized carbons (Fsp3) is 0.441. The number of alkyl halides is 3. The SMILES string of the molecule is CCn1nnc([C@H]2O[C@@H](n3cnc4c(NCC(c5ccccc5)c5ccccc5)nc(N5CC[C@@H](N(C)C)C5)nc43)[C@H](O)[C@@H]2OC(=O)C(F)(F)F)n1. The van der Waals surface area contributed by atoms with Gasteiger partial charge in [0.2, 0.25) is 11.8 Å². The monoisotopic (exact) mass is 721 g/mol. The van der Waals surface area contributed by atoms with Gasteiger partial charge in [0.1, 0.15) is 6.10 Å². The number of tetrazole rings is 1.